The number of hydrogen-bond donors (Lipinski definition) is 1. The third-order valence-corrected chi connectivity index (χ3v) is 2.35. The molecule has 0 saturated carbocycles. The van der Waals surface area contributed by atoms with Crippen molar-refractivity contribution in [1.29, 1.82) is 0 Å². The highest BCUT2D eigenvalue weighted by Gasteiger charge is 2.13. The van der Waals surface area contributed by atoms with E-state index in [1.54, 1.807) is 0 Å². The predicted molar refractivity (Wildman–Crippen MR) is 59.3 cm³/mol. The Hall–Kier alpha value is -0.900. The van der Waals surface area contributed by atoms with Crippen LogP contribution >= 0.6 is 0 Å². The van der Waals surface area contributed by atoms with Crippen molar-refractivity contribution in [2.75, 3.05) is 0 Å². The number of aromatic nitrogens is 2. The maximum absolute atomic E-state index is 5.88. The number of hydrogen-bond acceptors (Lipinski definition) is 4. The highest BCUT2D eigenvalue weighted by Crippen LogP contribution is 2.14. The Balaban J connectivity index is 2.48. The SMILES string of the molecule is CCCC(N)c1nc(CCC(C)C)no1. The van der Waals surface area contributed by atoms with Crippen molar-refractivity contribution in [2.24, 2.45) is 11.7 Å². The number of aryl methyl sites for hydroxylation is 1. The number of rotatable bonds is 6. The van der Waals surface area contributed by atoms with Gasteiger partial charge in [-0.15, -0.1) is 0 Å². The summed E-state index contributed by atoms with van der Waals surface area (Å²) in [4.78, 5) is 4.30. The smallest absolute Gasteiger partial charge is 0.243 e. The molecule has 2 N–H and O–H groups in total. The molecular weight excluding hydrogens is 190 g/mol. The van der Waals surface area contributed by atoms with E-state index in [9.17, 15) is 0 Å². The number of nitrogens with zero attached hydrogens (tertiary/aromatic N) is 2. The maximum atomic E-state index is 5.88. The third-order valence-electron chi connectivity index (χ3n) is 2.35. The second kappa shape index (κ2) is 5.85. The van der Waals surface area contributed by atoms with Gasteiger partial charge in [0.25, 0.3) is 0 Å². The van der Waals surface area contributed by atoms with Crippen LogP contribution in [0.3, 0.4) is 0 Å². The molecule has 4 nitrogen and oxygen atoms in total. The first-order valence-electron chi connectivity index (χ1n) is 5.71. The summed E-state index contributed by atoms with van der Waals surface area (Å²) in [5.74, 6) is 2.03. The van der Waals surface area contributed by atoms with Crippen molar-refractivity contribution in [3.05, 3.63) is 11.7 Å². The molecule has 1 unspecified atom stereocenters. The fourth-order valence-corrected chi connectivity index (χ4v) is 1.37. The second-order valence-corrected chi connectivity index (χ2v) is 4.38. The fraction of sp³-hybridized carbons (Fsp3) is 0.818. The van der Waals surface area contributed by atoms with E-state index >= 15 is 0 Å². The minimum Gasteiger partial charge on any atom is -0.338 e. The molecule has 1 aromatic rings. The Morgan fingerprint density at radius 3 is 2.67 bits per heavy atom. The molecule has 1 aromatic heterocycles. The molecule has 1 rings (SSSR count). The second-order valence-electron chi connectivity index (χ2n) is 4.38. The van der Waals surface area contributed by atoms with Crippen LogP contribution in [0.4, 0.5) is 0 Å². The third kappa shape index (κ3) is 4.00. The van der Waals surface area contributed by atoms with Crippen LogP contribution in [0.25, 0.3) is 0 Å². The summed E-state index contributed by atoms with van der Waals surface area (Å²) in [5, 5.41) is 3.93. The van der Waals surface area contributed by atoms with Crippen LogP contribution < -0.4 is 5.73 Å². The zero-order valence-corrected chi connectivity index (χ0v) is 9.86. The van der Waals surface area contributed by atoms with Gasteiger partial charge in [0.1, 0.15) is 0 Å². The molecule has 0 aliphatic rings. The summed E-state index contributed by atoms with van der Waals surface area (Å²) in [5.41, 5.74) is 5.88. The van der Waals surface area contributed by atoms with Gasteiger partial charge >= 0.3 is 0 Å². The van der Waals surface area contributed by atoms with Crippen molar-refractivity contribution >= 4 is 0 Å². The molecule has 0 radical (unpaired) electrons. The summed E-state index contributed by atoms with van der Waals surface area (Å²) in [6.45, 7) is 6.46. The minimum absolute atomic E-state index is 0.102. The molecule has 1 atom stereocenters. The van der Waals surface area contributed by atoms with Crippen molar-refractivity contribution < 1.29 is 4.52 Å². The van der Waals surface area contributed by atoms with Gasteiger partial charge in [0.15, 0.2) is 5.82 Å². The van der Waals surface area contributed by atoms with E-state index in [-0.39, 0.29) is 6.04 Å². The Labute approximate surface area is 91.2 Å². The average molecular weight is 211 g/mol. The largest absolute Gasteiger partial charge is 0.338 e. The van der Waals surface area contributed by atoms with Gasteiger partial charge in [0.2, 0.25) is 5.89 Å². The first-order chi connectivity index (χ1) is 7.13. The van der Waals surface area contributed by atoms with Crippen LogP contribution in [0.1, 0.15) is 57.8 Å². The van der Waals surface area contributed by atoms with E-state index in [1.165, 1.54) is 0 Å². The highest BCUT2D eigenvalue weighted by atomic mass is 16.5. The molecule has 0 aromatic carbocycles. The first kappa shape index (κ1) is 12.2. The van der Waals surface area contributed by atoms with E-state index in [0.29, 0.717) is 11.8 Å². The van der Waals surface area contributed by atoms with Gasteiger partial charge < -0.3 is 10.3 Å². The molecule has 0 bridgehead atoms. The molecule has 0 aliphatic carbocycles. The fourth-order valence-electron chi connectivity index (χ4n) is 1.37. The molecule has 0 aliphatic heterocycles. The molecule has 0 amide bonds. The average Bonchev–Trinajstić information content (AvgIpc) is 2.63. The summed E-state index contributed by atoms with van der Waals surface area (Å²) in [7, 11) is 0. The molecule has 86 valence electrons. The van der Waals surface area contributed by atoms with E-state index in [4.69, 9.17) is 10.3 Å². The molecule has 0 spiro atoms. The molecule has 0 saturated heterocycles. The molecule has 15 heavy (non-hydrogen) atoms. The maximum Gasteiger partial charge on any atom is 0.243 e. The Bertz CT molecular complexity index is 283. The zero-order chi connectivity index (χ0) is 11.3. The summed E-state index contributed by atoms with van der Waals surface area (Å²) < 4.78 is 5.13. The zero-order valence-electron chi connectivity index (χ0n) is 9.86. The Morgan fingerprint density at radius 1 is 1.33 bits per heavy atom. The van der Waals surface area contributed by atoms with Crippen LogP contribution in [0.2, 0.25) is 0 Å². The van der Waals surface area contributed by atoms with Gasteiger partial charge in [-0.25, -0.2) is 0 Å². The standard InChI is InChI=1S/C11H21N3O/c1-4-5-9(12)11-13-10(14-15-11)7-6-8(2)3/h8-9H,4-7,12H2,1-3H3. The van der Waals surface area contributed by atoms with Crippen LogP contribution in [0.15, 0.2) is 4.52 Å². The van der Waals surface area contributed by atoms with Crippen LogP contribution in [0.5, 0.6) is 0 Å². The summed E-state index contributed by atoms with van der Waals surface area (Å²) in [6, 6.07) is -0.102. The minimum atomic E-state index is -0.102. The van der Waals surface area contributed by atoms with E-state index < -0.39 is 0 Å². The topological polar surface area (TPSA) is 64.9 Å². The molecular formula is C11H21N3O. The lowest BCUT2D eigenvalue weighted by Crippen LogP contribution is -2.10. The van der Waals surface area contributed by atoms with Crippen molar-refractivity contribution in [3.8, 4) is 0 Å². The van der Waals surface area contributed by atoms with Crippen LogP contribution in [-0.2, 0) is 6.42 Å². The normalized spacial score (nSPS) is 13.4. The van der Waals surface area contributed by atoms with Gasteiger partial charge in [-0.05, 0) is 18.8 Å². The molecule has 1 heterocycles. The highest BCUT2D eigenvalue weighted by molar-refractivity contribution is 4.91. The van der Waals surface area contributed by atoms with Crippen molar-refractivity contribution in [1.82, 2.24) is 10.1 Å². The van der Waals surface area contributed by atoms with Gasteiger partial charge in [0, 0.05) is 6.42 Å². The lowest BCUT2D eigenvalue weighted by molar-refractivity contribution is 0.343. The molecule has 4 heteroatoms. The van der Waals surface area contributed by atoms with Gasteiger partial charge in [-0.1, -0.05) is 32.3 Å². The molecule has 0 fully saturated rings. The quantitative estimate of drug-likeness (QED) is 0.785. The summed E-state index contributed by atoms with van der Waals surface area (Å²) >= 11 is 0. The van der Waals surface area contributed by atoms with Gasteiger partial charge in [0.05, 0.1) is 6.04 Å². The monoisotopic (exact) mass is 211 g/mol. The van der Waals surface area contributed by atoms with Crippen LogP contribution in [0, 0.1) is 5.92 Å². The van der Waals surface area contributed by atoms with Crippen molar-refractivity contribution in [2.45, 2.75) is 52.5 Å². The lowest BCUT2D eigenvalue weighted by atomic mass is 10.1. The van der Waals surface area contributed by atoms with Gasteiger partial charge in [-0.2, -0.15) is 4.98 Å². The first-order valence-corrected chi connectivity index (χ1v) is 5.71. The van der Waals surface area contributed by atoms with E-state index in [0.717, 1.165) is 31.5 Å². The number of nitrogens with two attached hydrogens (primary N) is 1. The van der Waals surface area contributed by atoms with Gasteiger partial charge in [-0.3, -0.25) is 0 Å². The predicted octanol–water partition coefficient (Wildman–Crippen LogP) is 2.46. The Morgan fingerprint density at radius 2 is 2.07 bits per heavy atom. The lowest BCUT2D eigenvalue weighted by Gasteiger charge is -2.02. The van der Waals surface area contributed by atoms with Crippen LogP contribution in [-0.4, -0.2) is 10.1 Å². The van der Waals surface area contributed by atoms with E-state index in [1.807, 2.05) is 0 Å². The Kier molecular flexibility index (Phi) is 4.75. The van der Waals surface area contributed by atoms with E-state index in [2.05, 4.69) is 30.9 Å². The van der Waals surface area contributed by atoms with Crippen molar-refractivity contribution in [3.63, 3.8) is 0 Å². The summed E-state index contributed by atoms with van der Waals surface area (Å²) in [6.07, 6.45) is 3.89.